The molecule has 16 heavy (non-hydrogen) atoms. The van der Waals surface area contributed by atoms with Crippen LogP contribution >= 0.6 is 0 Å². The van der Waals surface area contributed by atoms with E-state index in [4.69, 9.17) is 5.11 Å². The fraction of sp³-hybridized carbons (Fsp3) is 0.714. The van der Waals surface area contributed by atoms with Crippen LogP contribution in [0.25, 0.3) is 0 Å². The quantitative estimate of drug-likeness (QED) is 0.533. The van der Waals surface area contributed by atoms with Crippen molar-refractivity contribution in [1.82, 2.24) is 0 Å². The molecule has 2 N–H and O–H groups in total. The van der Waals surface area contributed by atoms with Crippen molar-refractivity contribution in [3.63, 3.8) is 0 Å². The molecule has 0 amide bonds. The fourth-order valence-corrected chi connectivity index (χ4v) is 1.04. The smallest absolute Gasteiger partial charge is 0.123 e. The maximum atomic E-state index is 9.56. The second kappa shape index (κ2) is 9.28. The standard InChI is InChI=1S/C14H22O2/c1-3-14(2,16)12-10-8-6-4-5-7-9-11-13-15/h15-16H,3-5,7,9,11,13H2,1-2H3. The van der Waals surface area contributed by atoms with Crippen LogP contribution < -0.4 is 0 Å². The predicted molar refractivity (Wildman–Crippen MR) is 66.6 cm³/mol. The van der Waals surface area contributed by atoms with Crippen LogP contribution in [0.4, 0.5) is 0 Å². The van der Waals surface area contributed by atoms with Gasteiger partial charge in [-0.05, 0) is 38.0 Å². The number of hydrogen-bond donors (Lipinski definition) is 2. The zero-order valence-electron chi connectivity index (χ0n) is 10.3. The topological polar surface area (TPSA) is 40.5 Å². The summed E-state index contributed by atoms with van der Waals surface area (Å²) in [6.45, 7) is 3.86. The molecule has 0 radical (unpaired) electrons. The molecule has 0 saturated heterocycles. The lowest BCUT2D eigenvalue weighted by molar-refractivity contribution is 0.118. The molecule has 0 aliphatic carbocycles. The first-order chi connectivity index (χ1) is 7.62. The van der Waals surface area contributed by atoms with Gasteiger partial charge < -0.3 is 10.2 Å². The van der Waals surface area contributed by atoms with Crippen LogP contribution in [0.15, 0.2) is 0 Å². The molecule has 90 valence electrons. The summed E-state index contributed by atoms with van der Waals surface area (Å²) < 4.78 is 0. The van der Waals surface area contributed by atoms with Gasteiger partial charge in [0.15, 0.2) is 0 Å². The molecular weight excluding hydrogens is 200 g/mol. The molecule has 0 aromatic rings. The Morgan fingerprint density at radius 2 is 1.75 bits per heavy atom. The number of aliphatic hydroxyl groups excluding tert-OH is 1. The summed E-state index contributed by atoms with van der Waals surface area (Å²) in [5.41, 5.74) is -0.907. The Kier molecular flexibility index (Phi) is 8.72. The lowest BCUT2D eigenvalue weighted by Crippen LogP contribution is -2.19. The van der Waals surface area contributed by atoms with E-state index in [9.17, 15) is 5.11 Å². The zero-order chi connectivity index (χ0) is 12.3. The first-order valence-corrected chi connectivity index (χ1v) is 5.95. The monoisotopic (exact) mass is 222 g/mol. The number of hydrogen-bond acceptors (Lipinski definition) is 2. The Bertz CT molecular complexity index is 283. The van der Waals surface area contributed by atoms with Gasteiger partial charge in [0.05, 0.1) is 0 Å². The normalized spacial score (nSPS) is 13.0. The molecule has 0 spiro atoms. The Labute approximate surface area is 99.1 Å². The van der Waals surface area contributed by atoms with Gasteiger partial charge in [-0.2, -0.15) is 0 Å². The highest BCUT2D eigenvalue weighted by atomic mass is 16.3. The second-order valence-corrected chi connectivity index (χ2v) is 4.07. The average Bonchev–Trinajstić information content (AvgIpc) is 2.27. The first kappa shape index (κ1) is 15.0. The minimum atomic E-state index is -0.907. The zero-order valence-corrected chi connectivity index (χ0v) is 10.3. The molecule has 0 fully saturated rings. The molecule has 0 heterocycles. The van der Waals surface area contributed by atoms with Gasteiger partial charge in [0.2, 0.25) is 0 Å². The molecule has 0 aliphatic heterocycles. The first-order valence-electron chi connectivity index (χ1n) is 5.95. The van der Waals surface area contributed by atoms with E-state index in [1.54, 1.807) is 6.92 Å². The SMILES string of the molecule is CCC(C)(O)C#CC#CCCCCCCO. The largest absolute Gasteiger partial charge is 0.396 e. The molecule has 0 aromatic heterocycles. The summed E-state index contributed by atoms with van der Waals surface area (Å²) in [4.78, 5) is 0. The van der Waals surface area contributed by atoms with Gasteiger partial charge in [-0.3, -0.25) is 0 Å². The number of rotatable bonds is 6. The fourth-order valence-electron chi connectivity index (χ4n) is 1.04. The van der Waals surface area contributed by atoms with Crippen LogP contribution in [0.2, 0.25) is 0 Å². The Morgan fingerprint density at radius 3 is 2.38 bits per heavy atom. The predicted octanol–water partition coefficient (Wildman–Crippen LogP) is 2.10. The third-order valence-corrected chi connectivity index (χ3v) is 2.38. The van der Waals surface area contributed by atoms with Crippen LogP contribution in [0.5, 0.6) is 0 Å². The highest BCUT2D eigenvalue weighted by molar-refractivity contribution is 5.29. The minimum Gasteiger partial charge on any atom is -0.396 e. The Balaban J connectivity index is 3.62. The van der Waals surface area contributed by atoms with E-state index >= 15 is 0 Å². The van der Waals surface area contributed by atoms with Crippen molar-refractivity contribution in [2.45, 2.75) is 58.0 Å². The minimum absolute atomic E-state index is 0.281. The summed E-state index contributed by atoms with van der Waals surface area (Å²) in [5, 5.41) is 18.1. The van der Waals surface area contributed by atoms with Gasteiger partial charge in [0, 0.05) is 13.0 Å². The molecule has 2 nitrogen and oxygen atoms in total. The lowest BCUT2D eigenvalue weighted by Gasteiger charge is -2.10. The average molecular weight is 222 g/mol. The van der Waals surface area contributed by atoms with Gasteiger partial charge in [-0.15, -0.1) is 0 Å². The van der Waals surface area contributed by atoms with E-state index < -0.39 is 5.60 Å². The molecule has 0 saturated carbocycles. The summed E-state index contributed by atoms with van der Waals surface area (Å²) in [6.07, 6.45) is 5.56. The van der Waals surface area contributed by atoms with Gasteiger partial charge in [-0.1, -0.05) is 31.6 Å². The van der Waals surface area contributed by atoms with Crippen molar-refractivity contribution in [3.05, 3.63) is 0 Å². The molecule has 0 aromatic carbocycles. The van der Waals surface area contributed by atoms with E-state index in [-0.39, 0.29) is 6.61 Å². The Hall–Kier alpha value is -0.960. The second-order valence-electron chi connectivity index (χ2n) is 4.07. The number of aliphatic hydroxyl groups is 2. The molecular formula is C14H22O2. The van der Waals surface area contributed by atoms with Crippen molar-refractivity contribution >= 4 is 0 Å². The highest BCUT2D eigenvalue weighted by Crippen LogP contribution is 2.05. The van der Waals surface area contributed by atoms with Gasteiger partial charge >= 0.3 is 0 Å². The van der Waals surface area contributed by atoms with E-state index in [0.717, 1.165) is 32.1 Å². The highest BCUT2D eigenvalue weighted by Gasteiger charge is 2.11. The van der Waals surface area contributed by atoms with Crippen LogP contribution in [0.3, 0.4) is 0 Å². The van der Waals surface area contributed by atoms with Crippen LogP contribution in [-0.2, 0) is 0 Å². The molecule has 2 heteroatoms. The molecule has 1 unspecified atom stereocenters. The van der Waals surface area contributed by atoms with Crippen molar-refractivity contribution in [2.24, 2.45) is 0 Å². The van der Waals surface area contributed by atoms with E-state index in [0.29, 0.717) is 6.42 Å². The van der Waals surface area contributed by atoms with Crippen molar-refractivity contribution in [1.29, 1.82) is 0 Å². The molecule has 1 atom stereocenters. The lowest BCUT2D eigenvalue weighted by atomic mass is 10.1. The van der Waals surface area contributed by atoms with E-state index in [1.807, 2.05) is 6.92 Å². The van der Waals surface area contributed by atoms with Crippen molar-refractivity contribution < 1.29 is 10.2 Å². The van der Waals surface area contributed by atoms with Crippen LogP contribution in [-0.4, -0.2) is 22.4 Å². The third kappa shape index (κ3) is 9.59. The van der Waals surface area contributed by atoms with Gasteiger partial charge in [0.25, 0.3) is 0 Å². The summed E-state index contributed by atoms with van der Waals surface area (Å²) >= 11 is 0. The summed E-state index contributed by atoms with van der Waals surface area (Å²) in [5.74, 6) is 11.1. The summed E-state index contributed by atoms with van der Waals surface area (Å²) in [7, 11) is 0. The van der Waals surface area contributed by atoms with E-state index in [1.165, 1.54) is 0 Å². The van der Waals surface area contributed by atoms with Crippen LogP contribution in [0.1, 0.15) is 52.4 Å². The van der Waals surface area contributed by atoms with Crippen molar-refractivity contribution in [2.75, 3.05) is 6.61 Å². The number of unbranched alkanes of at least 4 members (excludes halogenated alkanes) is 4. The van der Waals surface area contributed by atoms with E-state index in [2.05, 4.69) is 23.7 Å². The molecule has 0 rings (SSSR count). The third-order valence-electron chi connectivity index (χ3n) is 2.38. The van der Waals surface area contributed by atoms with Gasteiger partial charge in [-0.25, -0.2) is 0 Å². The summed E-state index contributed by atoms with van der Waals surface area (Å²) in [6, 6.07) is 0. The molecule has 0 bridgehead atoms. The molecule has 0 aliphatic rings. The maximum absolute atomic E-state index is 9.56. The van der Waals surface area contributed by atoms with Crippen molar-refractivity contribution in [3.8, 4) is 23.7 Å². The van der Waals surface area contributed by atoms with Crippen LogP contribution in [0, 0.1) is 23.7 Å². The van der Waals surface area contributed by atoms with Gasteiger partial charge in [0.1, 0.15) is 5.60 Å². The Morgan fingerprint density at radius 1 is 1.06 bits per heavy atom. The maximum Gasteiger partial charge on any atom is 0.123 e.